The third-order valence-corrected chi connectivity index (χ3v) is 2.70. The van der Waals surface area contributed by atoms with Gasteiger partial charge in [-0.3, -0.25) is 4.79 Å². The summed E-state index contributed by atoms with van der Waals surface area (Å²) in [4.78, 5) is 11.2. The molecule has 86 valence electrons. The molecule has 1 saturated heterocycles. The Labute approximate surface area is 95.4 Å². The number of Topliss-reactive ketones (excluding diaryl/α,β-unsaturated/α-hetero) is 1. The van der Waals surface area contributed by atoms with Gasteiger partial charge in [0.05, 0.1) is 6.10 Å². The molecule has 0 N–H and O–H groups in total. The van der Waals surface area contributed by atoms with E-state index in [1.807, 2.05) is 12.1 Å². The number of ether oxygens (including phenoxy) is 2. The smallest absolute Gasteiger partial charge is 0.159 e. The Morgan fingerprint density at radius 3 is 3.12 bits per heavy atom. The maximum Gasteiger partial charge on any atom is 0.159 e. The summed E-state index contributed by atoms with van der Waals surface area (Å²) in [6, 6.07) is 7.27. The zero-order valence-electron chi connectivity index (χ0n) is 9.44. The Morgan fingerprint density at radius 1 is 1.56 bits per heavy atom. The van der Waals surface area contributed by atoms with Crippen LogP contribution < -0.4 is 4.74 Å². The summed E-state index contributed by atoms with van der Waals surface area (Å²) in [6.07, 6.45) is 2.38. The lowest BCUT2D eigenvalue weighted by Crippen LogP contribution is -2.16. The van der Waals surface area contributed by atoms with Crippen LogP contribution in [0.3, 0.4) is 0 Å². The van der Waals surface area contributed by atoms with Gasteiger partial charge in [-0.1, -0.05) is 12.1 Å². The molecule has 0 saturated carbocycles. The fraction of sp³-hybridized carbons (Fsp3) is 0.462. The zero-order chi connectivity index (χ0) is 11.4. The molecule has 1 aromatic rings. The molecule has 0 aromatic heterocycles. The van der Waals surface area contributed by atoms with Gasteiger partial charge in [-0.15, -0.1) is 0 Å². The highest BCUT2D eigenvalue weighted by Gasteiger charge is 2.15. The van der Waals surface area contributed by atoms with E-state index in [-0.39, 0.29) is 11.9 Å². The van der Waals surface area contributed by atoms with Crippen molar-refractivity contribution in [3.63, 3.8) is 0 Å². The van der Waals surface area contributed by atoms with Gasteiger partial charge in [-0.05, 0) is 31.9 Å². The summed E-state index contributed by atoms with van der Waals surface area (Å²) >= 11 is 0. The van der Waals surface area contributed by atoms with Crippen molar-refractivity contribution < 1.29 is 14.3 Å². The average Bonchev–Trinajstić information content (AvgIpc) is 2.79. The van der Waals surface area contributed by atoms with Gasteiger partial charge in [0.15, 0.2) is 5.78 Å². The van der Waals surface area contributed by atoms with E-state index in [1.165, 1.54) is 0 Å². The van der Waals surface area contributed by atoms with Crippen LogP contribution in [0.4, 0.5) is 0 Å². The number of hydrogen-bond acceptors (Lipinski definition) is 3. The van der Waals surface area contributed by atoms with E-state index < -0.39 is 0 Å². The first kappa shape index (κ1) is 11.1. The third-order valence-electron chi connectivity index (χ3n) is 2.70. The van der Waals surface area contributed by atoms with Crippen molar-refractivity contribution in [1.82, 2.24) is 0 Å². The van der Waals surface area contributed by atoms with Gasteiger partial charge < -0.3 is 9.47 Å². The second-order valence-electron chi connectivity index (χ2n) is 4.03. The molecule has 1 aromatic carbocycles. The van der Waals surface area contributed by atoms with Gasteiger partial charge in [0.25, 0.3) is 0 Å². The van der Waals surface area contributed by atoms with Crippen LogP contribution in [0.1, 0.15) is 30.1 Å². The predicted molar refractivity (Wildman–Crippen MR) is 60.9 cm³/mol. The van der Waals surface area contributed by atoms with Gasteiger partial charge in [0.2, 0.25) is 0 Å². The summed E-state index contributed by atoms with van der Waals surface area (Å²) < 4.78 is 11.1. The van der Waals surface area contributed by atoms with Crippen molar-refractivity contribution in [3.05, 3.63) is 29.8 Å². The standard InChI is InChI=1S/C13H16O3/c1-10(14)11-4-2-5-12(8-11)16-9-13-6-3-7-15-13/h2,4-5,8,13H,3,6-7,9H2,1H3. The predicted octanol–water partition coefficient (Wildman–Crippen LogP) is 2.45. The number of benzene rings is 1. The van der Waals surface area contributed by atoms with E-state index in [0.717, 1.165) is 25.2 Å². The van der Waals surface area contributed by atoms with Crippen LogP contribution >= 0.6 is 0 Å². The van der Waals surface area contributed by atoms with Crippen LogP contribution in [0.15, 0.2) is 24.3 Å². The topological polar surface area (TPSA) is 35.5 Å². The number of rotatable bonds is 4. The first-order valence-corrected chi connectivity index (χ1v) is 5.61. The summed E-state index contributed by atoms with van der Waals surface area (Å²) in [5.41, 5.74) is 0.685. The van der Waals surface area contributed by atoms with Gasteiger partial charge in [-0.2, -0.15) is 0 Å². The highest BCUT2D eigenvalue weighted by Crippen LogP contribution is 2.17. The minimum atomic E-state index is 0.0579. The normalized spacial score (nSPS) is 19.7. The van der Waals surface area contributed by atoms with Crippen molar-refractivity contribution >= 4 is 5.78 Å². The quantitative estimate of drug-likeness (QED) is 0.731. The van der Waals surface area contributed by atoms with Crippen LogP contribution in [-0.2, 0) is 4.74 Å². The summed E-state index contributed by atoms with van der Waals surface area (Å²) in [7, 11) is 0. The van der Waals surface area contributed by atoms with Crippen molar-refractivity contribution in [3.8, 4) is 5.75 Å². The molecule has 16 heavy (non-hydrogen) atoms. The fourth-order valence-electron chi connectivity index (χ4n) is 1.77. The molecule has 1 unspecified atom stereocenters. The van der Waals surface area contributed by atoms with E-state index in [2.05, 4.69) is 0 Å². The summed E-state index contributed by atoms with van der Waals surface area (Å²) in [5, 5.41) is 0. The van der Waals surface area contributed by atoms with E-state index in [9.17, 15) is 4.79 Å². The number of carbonyl (C=O) groups is 1. The molecule has 1 heterocycles. The van der Waals surface area contributed by atoms with Gasteiger partial charge in [-0.25, -0.2) is 0 Å². The van der Waals surface area contributed by atoms with Crippen LogP contribution in [0.2, 0.25) is 0 Å². The van der Waals surface area contributed by atoms with E-state index in [0.29, 0.717) is 12.2 Å². The van der Waals surface area contributed by atoms with Gasteiger partial charge in [0.1, 0.15) is 12.4 Å². The fourth-order valence-corrected chi connectivity index (χ4v) is 1.77. The largest absolute Gasteiger partial charge is 0.491 e. The Hall–Kier alpha value is -1.35. The van der Waals surface area contributed by atoms with Crippen molar-refractivity contribution in [2.75, 3.05) is 13.2 Å². The molecule has 0 spiro atoms. The highest BCUT2D eigenvalue weighted by molar-refractivity contribution is 5.94. The Balaban J connectivity index is 1.93. The highest BCUT2D eigenvalue weighted by atomic mass is 16.5. The first-order valence-electron chi connectivity index (χ1n) is 5.61. The SMILES string of the molecule is CC(=O)c1cccc(OCC2CCCO2)c1. The third kappa shape index (κ3) is 2.83. The lowest BCUT2D eigenvalue weighted by molar-refractivity contribution is 0.0679. The lowest BCUT2D eigenvalue weighted by Gasteiger charge is -2.11. The Kier molecular flexibility index (Phi) is 3.57. The molecule has 0 aliphatic carbocycles. The van der Waals surface area contributed by atoms with Crippen molar-refractivity contribution in [2.24, 2.45) is 0 Å². The number of carbonyl (C=O) groups excluding carboxylic acids is 1. The van der Waals surface area contributed by atoms with Crippen molar-refractivity contribution in [1.29, 1.82) is 0 Å². The average molecular weight is 220 g/mol. The van der Waals surface area contributed by atoms with E-state index in [1.54, 1.807) is 19.1 Å². The second-order valence-corrected chi connectivity index (χ2v) is 4.03. The molecule has 0 radical (unpaired) electrons. The molecule has 0 amide bonds. The lowest BCUT2D eigenvalue weighted by atomic mass is 10.1. The van der Waals surface area contributed by atoms with Gasteiger partial charge in [0, 0.05) is 12.2 Å². The minimum Gasteiger partial charge on any atom is -0.491 e. The van der Waals surface area contributed by atoms with Crippen LogP contribution in [0.25, 0.3) is 0 Å². The van der Waals surface area contributed by atoms with Gasteiger partial charge >= 0.3 is 0 Å². The van der Waals surface area contributed by atoms with Crippen LogP contribution in [0.5, 0.6) is 5.75 Å². The molecule has 3 heteroatoms. The maximum absolute atomic E-state index is 11.2. The maximum atomic E-state index is 11.2. The van der Waals surface area contributed by atoms with Crippen molar-refractivity contribution in [2.45, 2.75) is 25.9 Å². The molecule has 1 aliphatic rings. The number of ketones is 1. The number of hydrogen-bond donors (Lipinski definition) is 0. The summed E-state index contributed by atoms with van der Waals surface area (Å²) in [6.45, 7) is 2.96. The molecule has 1 fully saturated rings. The van der Waals surface area contributed by atoms with E-state index >= 15 is 0 Å². The minimum absolute atomic E-state index is 0.0579. The van der Waals surface area contributed by atoms with E-state index in [4.69, 9.17) is 9.47 Å². The molecule has 3 nitrogen and oxygen atoms in total. The Morgan fingerprint density at radius 2 is 2.44 bits per heavy atom. The first-order chi connectivity index (χ1) is 7.75. The molecular weight excluding hydrogens is 204 g/mol. The van der Waals surface area contributed by atoms with Crippen LogP contribution in [-0.4, -0.2) is 25.1 Å². The molecular formula is C13H16O3. The summed E-state index contributed by atoms with van der Waals surface area (Å²) in [5.74, 6) is 0.797. The second kappa shape index (κ2) is 5.12. The zero-order valence-corrected chi connectivity index (χ0v) is 9.44. The van der Waals surface area contributed by atoms with Crippen LogP contribution in [0, 0.1) is 0 Å². The monoisotopic (exact) mass is 220 g/mol. The molecule has 2 rings (SSSR count). The molecule has 1 atom stereocenters. The molecule has 1 aliphatic heterocycles. The Bertz CT molecular complexity index is 367. The molecule has 0 bridgehead atoms.